The van der Waals surface area contributed by atoms with Gasteiger partial charge in [-0.2, -0.15) is 8.42 Å². The third-order valence-electron chi connectivity index (χ3n) is 3.25. The smallest absolute Gasteiger partial charge is 0.372 e. The summed E-state index contributed by atoms with van der Waals surface area (Å²) in [6.45, 7) is 4.14. The summed E-state index contributed by atoms with van der Waals surface area (Å²) in [6, 6.07) is 0. The Bertz CT molecular complexity index is 353. The number of rotatable bonds is 4. The highest BCUT2D eigenvalue weighted by Gasteiger charge is 2.49. The molecule has 17 heavy (non-hydrogen) atoms. The third kappa shape index (κ3) is 2.99. The molecule has 0 unspecified atom stereocenters. The first-order valence-corrected chi connectivity index (χ1v) is 7.66. The zero-order valence-corrected chi connectivity index (χ0v) is 11.1. The highest BCUT2D eigenvalue weighted by atomic mass is 32.3. The van der Waals surface area contributed by atoms with Crippen LogP contribution in [-0.4, -0.2) is 32.8 Å². The average Bonchev–Trinajstić information content (AvgIpc) is 2.53. The summed E-state index contributed by atoms with van der Waals surface area (Å²) < 4.78 is 38.5. The first kappa shape index (κ1) is 13.3. The first-order valence-electron chi connectivity index (χ1n) is 6.32. The fraction of sp³-hybridized carbons (Fsp3) is 1.00. The van der Waals surface area contributed by atoms with Crippen LogP contribution in [0.4, 0.5) is 0 Å². The van der Waals surface area contributed by atoms with Crippen molar-refractivity contribution in [3.63, 3.8) is 0 Å². The van der Waals surface area contributed by atoms with E-state index in [-0.39, 0.29) is 18.3 Å². The van der Waals surface area contributed by atoms with Gasteiger partial charge in [-0.1, -0.05) is 26.7 Å². The molecule has 2 fully saturated rings. The molecule has 0 aromatic heterocycles. The first-order chi connectivity index (χ1) is 8.05. The molecule has 0 spiro atoms. The minimum atomic E-state index is -3.80. The van der Waals surface area contributed by atoms with Crippen LogP contribution in [-0.2, 0) is 23.5 Å². The van der Waals surface area contributed by atoms with Crippen LogP contribution >= 0.6 is 0 Å². The van der Waals surface area contributed by atoms with Gasteiger partial charge in [-0.3, -0.25) is 0 Å². The standard InChI is InChI=1S/C11H20O5S/c1-3-5-8-7-10-11(9(14-8)6-4-2)16-17(12,13)15-10/h8-11H,3-7H2,1-2H3/t8-,9+,10+,11-/m0/s1. The van der Waals surface area contributed by atoms with Crippen molar-refractivity contribution < 1.29 is 21.5 Å². The topological polar surface area (TPSA) is 61.8 Å². The van der Waals surface area contributed by atoms with E-state index in [1.165, 1.54) is 0 Å². The fourth-order valence-corrected chi connectivity index (χ4v) is 3.62. The largest absolute Gasteiger partial charge is 0.400 e. The maximum absolute atomic E-state index is 11.3. The Morgan fingerprint density at radius 3 is 2.47 bits per heavy atom. The Morgan fingerprint density at radius 2 is 1.82 bits per heavy atom. The van der Waals surface area contributed by atoms with Gasteiger partial charge in [0.1, 0.15) is 12.2 Å². The Morgan fingerprint density at radius 1 is 1.12 bits per heavy atom. The Balaban J connectivity index is 2.09. The van der Waals surface area contributed by atoms with Crippen molar-refractivity contribution in [2.24, 2.45) is 0 Å². The zero-order valence-electron chi connectivity index (χ0n) is 10.3. The average molecular weight is 264 g/mol. The summed E-state index contributed by atoms with van der Waals surface area (Å²) in [5.41, 5.74) is 0. The molecule has 0 radical (unpaired) electrons. The molecule has 2 aliphatic heterocycles. The second-order valence-electron chi connectivity index (χ2n) is 4.71. The molecule has 2 saturated heterocycles. The van der Waals surface area contributed by atoms with Crippen molar-refractivity contribution in [2.75, 3.05) is 0 Å². The van der Waals surface area contributed by atoms with E-state index in [1.807, 2.05) is 6.92 Å². The lowest BCUT2D eigenvalue weighted by atomic mass is 9.93. The quantitative estimate of drug-likeness (QED) is 0.774. The van der Waals surface area contributed by atoms with Gasteiger partial charge < -0.3 is 4.74 Å². The molecule has 100 valence electrons. The molecular formula is C11H20O5S. The molecule has 4 atom stereocenters. The van der Waals surface area contributed by atoms with Crippen molar-refractivity contribution in [1.82, 2.24) is 0 Å². The third-order valence-corrected chi connectivity index (χ3v) is 4.19. The van der Waals surface area contributed by atoms with Crippen LogP contribution in [0.25, 0.3) is 0 Å². The number of hydrogen-bond donors (Lipinski definition) is 0. The molecule has 2 heterocycles. The van der Waals surface area contributed by atoms with E-state index in [0.717, 1.165) is 25.7 Å². The monoisotopic (exact) mass is 264 g/mol. The van der Waals surface area contributed by atoms with E-state index in [0.29, 0.717) is 6.42 Å². The molecule has 0 aromatic rings. The number of ether oxygens (including phenoxy) is 1. The highest BCUT2D eigenvalue weighted by molar-refractivity contribution is 7.82. The molecule has 5 nitrogen and oxygen atoms in total. The summed E-state index contributed by atoms with van der Waals surface area (Å²) >= 11 is 0. The highest BCUT2D eigenvalue weighted by Crippen LogP contribution is 2.35. The summed E-state index contributed by atoms with van der Waals surface area (Å²) in [6.07, 6.45) is 3.44. The predicted molar refractivity (Wildman–Crippen MR) is 61.8 cm³/mol. The van der Waals surface area contributed by atoms with Crippen LogP contribution in [0.3, 0.4) is 0 Å². The Kier molecular flexibility index (Phi) is 4.07. The molecule has 6 heteroatoms. The SMILES string of the molecule is CCC[C@H]1C[C@H]2OS(=O)(=O)O[C@H]2[C@@H](CCC)O1. The minimum Gasteiger partial charge on any atom is -0.372 e. The van der Waals surface area contributed by atoms with Gasteiger partial charge in [0.05, 0.1) is 12.2 Å². The zero-order chi connectivity index (χ0) is 12.5. The van der Waals surface area contributed by atoms with E-state index >= 15 is 0 Å². The molecular weight excluding hydrogens is 244 g/mol. The van der Waals surface area contributed by atoms with Crippen molar-refractivity contribution in [1.29, 1.82) is 0 Å². The van der Waals surface area contributed by atoms with E-state index in [2.05, 4.69) is 6.92 Å². The summed E-state index contributed by atoms with van der Waals surface area (Å²) in [4.78, 5) is 0. The van der Waals surface area contributed by atoms with Crippen molar-refractivity contribution in [3.8, 4) is 0 Å². The Hall–Kier alpha value is -0.170. The van der Waals surface area contributed by atoms with Crippen LogP contribution < -0.4 is 0 Å². The lowest BCUT2D eigenvalue weighted by molar-refractivity contribution is -0.131. The van der Waals surface area contributed by atoms with Crippen molar-refractivity contribution in [3.05, 3.63) is 0 Å². The minimum absolute atomic E-state index is 0.0923. The molecule has 0 saturated carbocycles. The van der Waals surface area contributed by atoms with Gasteiger partial charge in [-0.25, -0.2) is 8.37 Å². The molecule has 0 aliphatic carbocycles. The lowest BCUT2D eigenvalue weighted by Gasteiger charge is -2.35. The van der Waals surface area contributed by atoms with E-state index in [9.17, 15) is 8.42 Å². The maximum Gasteiger partial charge on any atom is 0.400 e. The number of fused-ring (bicyclic) bond motifs is 1. The molecule has 2 rings (SSSR count). The van der Waals surface area contributed by atoms with Crippen LogP contribution in [0, 0.1) is 0 Å². The van der Waals surface area contributed by atoms with Gasteiger partial charge in [0.25, 0.3) is 0 Å². The van der Waals surface area contributed by atoms with E-state index in [1.54, 1.807) is 0 Å². The maximum atomic E-state index is 11.3. The predicted octanol–water partition coefficient (Wildman–Crippen LogP) is 1.77. The van der Waals surface area contributed by atoms with E-state index in [4.69, 9.17) is 13.1 Å². The second-order valence-corrected chi connectivity index (χ2v) is 5.91. The van der Waals surface area contributed by atoms with Gasteiger partial charge >= 0.3 is 10.4 Å². The van der Waals surface area contributed by atoms with Crippen LogP contribution in [0.15, 0.2) is 0 Å². The van der Waals surface area contributed by atoms with Crippen LogP contribution in [0.2, 0.25) is 0 Å². The summed E-state index contributed by atoms with van der Waals surface area (Å²) in [7, 11) is -3.80. The van der Waals surface area contributed by atoms with E-state index < -0.39 is 16.5 Å². The van der Waals surface area contributed by atoms with Crippen molar-refractivity contribution >= 4 is 10.4 Å². The second kappa shape index (κ2) is 5.22. The summed E-state index contributed by atoms with van der Waals surface area (Å²) in [5.74, 6) is 0. The molecule has 0 aromatic carbocycles. The van der Waals surface area contributed by atoms with Crippen LogP contribution in [0.1, 0.15) is 46.0 Å². The van der Waals surface area contributed by atoms with Gasteiger partial charge in [0, 0.05) is 6.42 Å². The molecule has 2 aliphatic rings. The lowest BCUT2D eigenvalue weighted by Crippen LogP contribution is -2.46. The molecule has 0 bridgehead atoms. The fourth-order valence-electron chi connectivity index (χ4n) is 2.57. The molecule has 0 N–H and O–H groups in total. The van der Waals surface area contributed by atoms with Crippen LogP contribution in [0.5, 0.6) is 0 Å². The number of hydrogen-bond acceptors (Lipinski definition) is 5. The van der Waals surface area contributed by atoms with Gasteiger partial charge in [-0.05, 0) is 12.8 Å². The summed E-state index contributed by atoms with van der Waals surface area (Å²) in [5, 5.41) is 0. The van der Waals surface area contributed by atoms with Gasteiger partial charge in [0.2, 0.25) is 0 Å². The van der Waals surface area contributed by atoms with Crippen molar-refractivity contribution in [2.45, 2.75) is 70.4 Å². The van der Waals surface area contributed by atoms with Gasteiger partial charge in [-0.15, -0.1) is 0 Å². The normalized spacial score (nSPS) is 40.1. The Labute approximate surface area is 103 Å². The molecule has 0 amide bonds. The van der Waals surface area contributed by atoms with Gasteiger partial charge in [0.15, 0.2) is 0 Å².